The first-order valence-corrected chi connectivity index (χ1v) is 10.6. The van der Waals surface area contributed by atoms with Gasteiger partial charge < -0.3 is 24.1 Å². The van der Waals surface area contributed by atoms with E-state index in [1.165, 1.54) is 0 Å². The Balaban J connectivity index is 1.47. The van der Waals surface area contributed by atoms with Crippen molar-refractivity contribution in [1.82, 2.24) is 0 Å². The molecule has 174 valence electrons. The lowest BCUT2D eigenvalue weighted by atomic mass is 10.1. The highest BCUT2D eigenvalue weighted by molar-refractivity contribution is 5.90. The number of aliphatic hydroxyl groups is 1. The fourth-order valence-corrected chi connectivity index (χ4v) is 3.41. The minimum Gasteiger partial charge on any atom is -0.459 e. The van der Waals surface area contributed by atoms with Crippen LogP contribution >= 0.6 is 0 Å². The Kier molecular flexibility index (Phi) is 7.31. The average molecular weight is 462 g/mol. The zero-order valence-electron chi connectivity index (χ0n) is 18.0. The fourth-order valence-electron chi connectivity index (χ4n) is 3.41. The second-order valence-electron chi connectivity index (χ2n) is 7.51. The van der Waals surface area contributed by atoms with Gasteiger partial charge in [-0.2, -0.15) is 0 Å². The zero-order chi connectivity index (χ0) is 23.9. The quantitative estimate of drug-likeness (QED) is 0.422. The molecule has 3 aromatic carbocycles. The Morgan fingerprint density at radius 1 is 0.676 bits per heavy atom. The van der Waals surface area contributed by atoms with Gasteiger partial charge in [0, 0.05) is 0 Å². The Labute approximate surface area is 195 Å². The van der Waals surface area contributed by atoms with Gasteiger partial charge in [0.15, 0.2) is 12.2 Å². The summed E-state index contributed by atoms with van der Waals surface area (Å²) in [5.74, 6) is -2.04. The van der Waals surface area contributed by atoms with Gasteiger partial charge in [0.1, 0.15) is 12.7 Å². The van der Waals surface area contributed by atoms with Crippen LogP contribution in [0.2, 0.25) is 0 Å². The van der Waals surface area contributed by atoms with Gasteiger partial charge >= 0.3 is 17.9 Å². The summed E-state index contributed by atoms with van der Waals surface area (Å²) in [6.45, 7) is -0.336. The van der Waals surface area contributed by atoms with Crippen LogP contribution in [0.3, 0.4) is 0 Å². The summed E-state index contributed by atoms with van der Waals surface area (Å²) in [4.78, 5) is 37.4. The van der Waals surface area contributed by atoms with E-state index in [-0.39, 0.29) is 17.7 Å². The molecular weight excluding hydrogens is 440 g/mol. The molecule has 0 amide bonds. The van der Waals surface area contributed by atoms with Gasteiger partial charge in [-0.1, -0.05) is 54.6 Å². The van der Waals surface area contributed by atoms with Gasteiger partial charge in [0.25, 0.3) is 0 Å². The number of carbonyl (C=O) groups is 3. The number of esters is 3. The minimum atomic E-state index is -1.50. The molecule has 0 aromatic heterocycles. The summed E-state index contributed by atoms with van der Waals surface area (Å²) in [5.41, 5.74) is 0.848. The maximum Gasteiger partial charge on any atom is 0.340 e. The first-order chi connectivity index (χ1) is 16.5. The van der Waals surface area contributed by atoms with Crippen LogP contribution < -0.4 is 0 Å². The number of hydrogen-bond acceptors (Lipinski definition) is 8. The number of rotatable bonds is 7. The average Bonchev–Trinajstić information content (AvgIpc) is 3.17. The van der Waals surface area contributed by atoms with Crippen LogP contribution in [0.25, 0.3) is 0 Å². The molecule has 0 spiro atoms. The SMILES string of the molecule is O=C(OC[C@H]1OC(OC(=O)c2ccccc2)[C@H](O)[C@@H]1OC(=O)c1ccccc1)c1ccccc1. The summed E-state index contributed by atoms with van der Waals surface area (Å²) in [7, 11) is 0. The standard InChI is InChI=1S/C26H22O8/c27-21-22(33-24(29)18-12-6-2-7-13-18)20(16-31-23(28)17-10-4-1-5-11-17)32-26(21)34-25(30)19-14-8-3-9-15-19/h1-15,20-22,26-27H,16H2/t20-,21-,22-,26?/m1/s1. The predicted octanol–water partition coefficient (Wildman–Crippen LogP) is 3.01. The lowest BCUT2D eigenvalue weighted by molar-refractivity contribution is -0.139. The molecular formula is C26H22O8. The van der Waals surface area contributed by atoms with E-state index in [9.17, 15) is 19.5 Å². The van der Waals surface area contributed by atoms with Crippen LogP contribution in [0.5, 0.6) is 0 Å². The highest BCUT2D eigenvalue weighted by Crippen LogP contribution is 2.27. The molecule has 4 atom stereocenters. The van der Waals surface area contributed by atoms with Crippen molar-refractivity contribution in [3.05, 3.63) is 108 Å². The first-order valence-electron chi connectivity index (χ1n) is 10.6. The van der Waals surface area contributed by atoms with Crippen LogP contribution in [0, 0.1) is 0 Å². The van der Waals surface area contributed by atoms with Crippen molar-refractivity contribution >= 4 is 17.9 Å². The van der Waals surface area contributed by atoms with Gasteiger partial charge in [-0.15, -0.1) is 0 Å². The van der Waals surface area contributed by atoms with Gasteiger partial charge in [-0.05, 0) is 36.4 Å². The largest absolute Gasteiger partial charge is 0.459 e. The van der Waals surface area contributed by atoms with Crippen molar-refractivity contribution in [1.29, 1.82) is 0 Å². The van der Waals surface area contributed by atoms with Crippen LogP contribution in [-0.4, -0.2) is 54.2 Å². The first kappa shape index (κ1) is 23.2. The molecule has 1 unspecified atom stereocenters. The minimum absolute atomic E-state index is 0.259. The predicted molar refractivity (Wildman–Crippen MR) is 119 cm³/mol. The molecule has 34 heavy (non-hydrogen) atoms. The molecule has 8 nitrogen and oxygen atoms in total. The Morgan fingerprint density at radius 2 is 1.12 bits per heavy atom. The Bertz CT molecular complexity index is 1120. The van der Waals surface area contributed by atoms with Crippen molar-refractivity contribution < 1.29 is 38.4 Å². The lowest BCUT2D eigenvalue weighted by Gasteiger charge is -2.20. The molecule has 1 aliphatic rings. The summed E-state index contributed by atoms with van der Waals surface area (Å²) in [6, 6.07) is 24.7. The highest BCUT2D eigenvalue weighted by Gasteiger charge is 2.49. The van der Waals surface area contributed by atoms with Crippen molar-refractivity contribution in [2.45, 2.75) is 24.6 Å². The van der Waals surface area contributed by atoms with E-state index in [1.54, 1.807) is 91.0 Å². The smallest absolute Gasteiger partial charge is 0.340 e. The number of hydrogen-bond donors (Lipinski definition) is 1. The van der Waals surface area contributed by atoms with E-state index < -0.39 is 42.5 Å². The summed E-state index contributed by atoms with van der Waals surface area (Å²) >= 11 is 0. The van der Waals surface area contributed by atoms with Crippen LogP contribution in [0.4, 0.5) is 0 Å². The molecule has 0 aliphatic carbocycles. The van der Waals surface area contributed by atoms with Gasteiger partial charge in [0.05, 0.1) is 16.7 Å². The van der Waals surface area contributed by atoms with Crippen molar-refractivity contribution in [3.63, 3.8) is 0 Å². The summed E-state index contributed by atoms with van der Waals surface area (Å²) in [5, 5.41) is 10.8. The molecule has 1 saturated heterocycles. The second kappa shape index (κ2) is 10.7. The lowest BCUT2D eigenvalue weighted by Crippen LogP contribution is -2.40. The second-order valence-corrected chi connectivity index (χ2v) is 7.51. The molecule has 4 rings (SSSR count). The molecule has 8 heteroatoms. The van der Waals surface area contributed by atoms with Crippen molar-refractivity contribution in [3.8, 4) is 0 Å². The van der Waals surface area contributed by atoms with Gasteiger partial charge in [-0.25, -0.2) is 14.4 Å². The molecule has 1 heterocycles. The van der Waals surface area contributed by atoms with Crippen molar-refractivity contribution in [2.75, 3.05) is 6.61 Å². The highest BCUT2D eigenvalue weighted by atomic mass is 16.7. The normalized spacial score (nSPS) is 21.4. The number of aliphatic hydroxyl groups excluding tert-OH is 1. The van der Waals surface area contributed by atoms with E-state index in [4.69, 9.17) is 18.9 Å². The van der Waals surface area contributed by atoms with Crippen molar-refractivity contribution in [2.24, 2.45) is 0 Å². The molecule has 0 bridgehead atoms. The monoisotopic (exact) mass is 462 g/mol. The number of ether oxygens (including phenoxy) is 4. The van der Waals surface area contributed by atoms with E-state index in [0.717, 1.165) is 0 Å². The van der Waals surface area contributed by atoms with Crippen LogP contribution in [-0.2, 0) is 18.9 Å². The maximum absolute atomic E-state index is 12.6. The third kappa shape index (κ3) is 5.48. The van der Waals surface area contributed by atoms with E-state index in [0.29, 0.717) is 5.56 Å². The molecule has 0 saturated carbocycles. The topological polar surface area (TPSA) is 108 Å². The third-order valence-electron chi connectivity index (χ3n) is 5.16. The number of carbonyl (C=O) groups excluding carboxylic acids is 3. The Morgan fingerprint density at radius 3 is 1.62 bits per heavy atom. The van der Waals surface area contributed by atoms with Crippen LogP contribution in [0.15, 0.2) is 91.0 Å². The fraction of sp³-hybridized carbons (Fsp3) is 0.192. The van der Waals surface area contributed by atoms with E-state index >= 15 is 0 Å². The van der Waals surface area contributed by atoms with E-state index in [1.807, 2.05) is 0 Å². The zero-order valence-corrected chi connectivity index (χ0v) is 18.0. The van der Waals surface area contributed by atoms with E-state index in [2.05, 4.69) is 0 Å². The molecule has 1 aliphatic heterocycles. The third-order valence-corrected chi connectivity index (χ3v) is 5.16. The Hall–Kier alpha value is -4.01. The molecule has 1 fully saturated rings. The summed E-state index contributed by atoms with van der Waals surface area (Å²) < 4.78 is 21.8. The van der Waals surface area contributed by atoms with Crippen LogP contribution in [0.1, 0.15) is 31.1 Å². The maximum atomic E-state index is 12.6. The summed E-state index contributed by atoms with van der Waals surface area (Å²) in [6.07, 6.45) is -5.24. The van der Waals surface area contributed by atoms with Gasteiger partial charge in [-0.3, -0.25) is 0 Å². The molecule has 1 N–H and O–H groups in total. The molecule has 3 aromatic rings. The number of benzene rings is 3. The van der Waals surface area contributed by atoms with Gasteiger partial charge in [0.2, 0.25) is 6.29 Å². The molecule has 0 radical (unpaired) electrons.